The summed E-state index contributed by atoms with van der Waals surface area (Å²) >= 11 is 0. The molecule has 0 aromatic heterocycles. The van der Waals surface area contributed by atoms with Crippen LogP contribution in [0, 0.1) is 6.07 Å². The van der Waals surface area contributed by atoms with Gasteiger partial charge in [0.1, 0.15) is 0 Å². The summed E-state index contributed by atoms with van der Waals surface area (Å²) in [7, 11) is 0. The maximum atomic E-state index is 3.77. The number of fused-ring (bicyclic) bond motifs is 3. The van der Waals surface area contributed by atoms with E-state index < -0.39 is 0 Å². The van der Waals surface area contributed by atoms with E-state index in [4.69, 9.17) is 0 Å². The van der Waals surface area contributed by atoms with E-state index >= 15 is 0 Å². The molecule has 0 N–H and O–H groups in total. The summed E-state index contributed by atoms with van der Waals surface area (Å²) < 4.78 is 0. The third kappa shape index (κ3) is 1.78. The van der Waals surface area contributed by atoms with Gasteiger partial charge in [0.15, 0.2) is 0 Å². The SMILES string of the molecule is C=Cc1[c-]c2c(cc1)-c1ccccc1C2.[Na+]. The second-order valence-electron chi connectivity index (χ2n) is 3.84. The zero-order valence-corrected chi connectivity index (χ0v) is 11.5. The minimum absolute atomic E-state index is 0. The van der Waals surface area contributed by atoms with Crippen LogP contribution in [-0.2, 0) is 6.42 Å². The molecule has 0 saturated heterocycles. The molecule has 2 aromatic rings. The molecule has 0 saturated carbocycles. The van der Waals surface area contributed by atoms with Crippen LogP contribution in [0.2, 0.25) is 0 Å². The van der Waals surface area contributed by atoms with Gasteiger partial charge in [-0.2, -0.15) is 5.56 Å². The quantitative estimate of drug-likeness (QED) is 0.413. The van der Waals surface area contributed by atoms with Gasteiger partial charge in [0.25, 0.3) is 0 Å². The van der Waals surface area contributed by atoms with Crippen LogP contribution in [0.3, 0.4) is 0 Å². The smallest absolute Gasteiger partial charge is 0.151 e. The van der Waals surface area contributed by atoms with Gasteiger partial charge >= 0.3 is 29.6 Å². The van der Waals surface area contributed by atoms with Gasteiger partial charge in [-0.25, -0.2) is 0 Å². The van der Waals surface area contributed by atoms with Crippen molar-refractivity contribution in [1.29, 1.82) is 0 Å². The van der Waals surface area contributed by atoms with E-state index in [-0.39, 0.29) is 29.6 Å². The average molecular weight is 214 g/mol. The fraction of sp³-hybridized carbons (Fsp3) is 0.0667. The van der Waals surface area contributed by atoms with Gasteiger partial charge < -0.3 is 0 Å². The first-order valence-corrected chi connectivity index (χ1v) is 5.14. The van der Waals surface area contributed by atoms with Gasteiger partial charge in [0.05, 0.1) is 0 Å². The Morgan fingerprint density at radius 3 is 2.69 bits per heavy atom. The zero-order chi connectivity index (χ0) is 10.3. The summed E-state index contributed by atoms with van der Waals surface area (Å²) in [6, 6.07) is 16.2. The molecule has 2 aromatic carbocycles. The number of hydrogen-bond acceptors (Lipinski definition) is 0. The van der Waals surface area contributed by atoms with Crippen LogP contribution in [0.4, 0.5) is 0 Å². The molecular formula is C15H11Na. The van der Waals surface area contributed by atoms with Crippen LogP contribution in [0.1, 0.15) is 16.7 Å². The van der Waals surface area contributed by atoms with Crippen molar-refractivity contribution in [1.82, 2.24) is 0 Å². The predicted molar refractivity (Wildman–Crippen MR) is 63.6 cm³/mol. The molecule has 0 nitrogen and oxygen atoms in total. The van der Waals surface area contributed by atoms with E-state index in [1.165, 1.54) is 22.3 Å². The van der Waals surface area contributed by atoms with Gasteiger partial charge in [-0.05, 0) is 12.0 Å². The van der Waals surface area contributed by atoms with E-state index in [2.05, 4.69) is 49.0 Å². The molecule has 1 aliphatic rings. The first-order valence-electron chi connectivity index (χ1n) is 5.14. The van der Waals surface area contributed by atoms with Crippen molar-refractivity contribution in [2.45, 2.75) is 6.42 Å². The largest absolute Gasteiger partial charge is 1.00 e. The minimum atomic E-state index is 0. The molecule has 0 heterocycles. The van der Waals surface area contributed by atoms with Gasteiger partial charge in [-0.3, -0.25) is 0 Å². The molecule has 0 unspecified atom stereocenters. The van der Waals surface area contributed by atoms with Crippen LogP contribution < -0.4 is 29.6 Å². The molecule has 3 rings (SSSR count). The Bertz CT molecular complexity index is 541. The van der Waals surface area contributed by atoms with Crippen LogP contribution in [0.25, 0.3) is 17.2 Å². The second-order valence-corrected chi connectivity index (χ2v) is 3.84. The van der Waals surface area contributed by atoms with E-state index in [0.717, 1.165) is 12.0 Å². The average Bonchev–Trinajstić information content (AvgIpc) is 2.66. The Morgan fingerprint density at radius 1 is 1.06 bits per heavy atom. The first kappa shape index (κ1) is 11.7. The molecule has 0 radical (unpaired) electrons. The number of hydrogen-bond donors (Lipinski definition) is 0. The van der Waals surface area contributed by atoms with Crippen LogP contribution in [0.15, 0.2) is 43.0 Å². The molecule has 16 heavy (non-hydrogen) atoms. The maximum Gasteiger partial charge on any atom is 1.00 e. The predicted octanol–water partition coefficient (Wildman–Crippen LogP) is 0.705. The summed E-state index contributed by atoms with van der Waals surface area (Å²) in [5.41, 5.74) is 6.48. The fourth-order valence-electron chi connectivity index (χ4n) is 2.20. The molecule has 0 amide bonds. The van der Waals surface area contributed by atoms with Crippen molar-refractivity contribution in [3.8, 4) is 11.1 Å². The van der Waals surface area contributed by atoms with Gasteiger partial charge in [-0.1, -0.05) is 35.4 Å². The van der Waals surface area contributed by atoms with Gasteiger partial charge in [-0.15, -0.1) is 36.4 Å². The van der Waals surface area contributed by atoms with E-state index in [0.29, 0.717) is 0 Å². The summed E-state index contributed by atoms with van der Waals surface area (Å²) in [6.07, 6.45) is 2.86. The van der Waals surface area contributed by atoms with E-state index in [1.807, 2.05) is 6.08 Å². The Morgan fingerprint density at radius 2 is 1.88 bits per heavy atom. The number of benzene rings is 2. The minimum Gasteiger partial charge on any atom is -0.151 e. The monoisotopic (exact) mass is 214 g/mol. The van der Waals surface area contributed by atoms with Crippen molar-refractivity contribution in [2.75, 3.05) is 0 Å². The van der Waals surface area contributed by atoms with Gasteiger partial charge in [0.2, 0.25) is 0 Å². The first-order chi connectivity index (χ1) is 7.38. The summed E-state index contributed by atoms with van der Waals surface area (Å²) in [6.45, 7) is 3.77. The van der Waals surface area contributed by atoms with Crippen molar-refractivity contribution in [3.63, 3.8) is 0 Å². The molecule has 0 aliphatic heterocycles. The van der Waals surface area contributed by atoms with Crippen molar-refractivity contribution < 1.29 is 29.6 Å². The molecule has 0 atom stereocenters. The normalized spacial score (nSPS) is 11.2. The van der Waals surface area contributed by atoms with Crippen molar-refractivity contribution in [2.24, 2.45) is 0 Å². The number of rotatable bonds is 1. The van der Waals surface area contributed by atoms with Gasteiger partial charge in [0, 0.05) is 0 Å². The topological polar surface area (TPSA) is 0 Å². The molecule has 0 fully saturated rings. The summed E-state index contributed by atoms with van der Waals surface area (Å²) in [5, 5.41) is 0. The molecule has 1 aliphatic carbocycles. The molecule has 72 valence electrons. The standard InChI is InChI=1S/C15H11.Na/c1-2-11-7-8-15-13(9-11)10-12-5-3-4-6-14(12)15;/h2-8H,1,10H2;/q-1;+1. The van der Waals surface area contributed by atoms with E-state index in [9.17, 15) is 0 Å². The van der Waals surface area contributed by atoms with Crippen LogP contribution >= 0.6 is 0 Å². The van der Waals surface area contributed by atoms with Crippen LogP contribution in [0.5, 0.6) is 0 Å². The molecule has 0 bridgehead atoms. The molecular weight excluding hydrogens is 203 g/mol. The Balaban J connectivity index is 0.000000963. The third-order valence-electron chi connectivity index (χ3n) is 2.94. The maximum absolute atomic E-state index is 3.77. The van der Waals surface area contributed by atoms with Crippen molar-refractivity contribution in [3.05, 3.63) is 65.7 Å². The third-order valence-corrected chi connectivity index (χ3v) is 2.94. The Hall–Kier alpha value is -0.820. The van der Waals surface area contributed by atoms with Crippen molar-refractivity contribution >= 4 is 6.08 Å². The zero-order valence-electron chi connectivity index (χ0n) is 9.46. The summed E-state index contributed by atoms with van der Waals surface area (Å²) in [5.74, 6) is 0. The van der Waals surface area contributed by atoms with Crippen LogP contribution in [-0.4, -0.2) is 0 Å². The summed E-state index contributed by atoms with van der Waals surface area (Å²) in [4.78, 5) is 0. The fourth-order valence-corrected chi connectivity index (χ4v) is 2.20. The van der Waals surface area contributed by atoms with E-state index in [1.54, 1.807) is 0 Å². The Kier molecular flexibility index (Phi) is 3.34. The molecule has 1 heteroatoms. The second kappa shape index (κ2) is 4.58. The molecule has 0 spiro atoms. The Labute approximate surface area is 118 Å².